The van der Waals surface area contributed by atoms with E-state index in [1.807, 2.05) is 31.2 Å². The number of rotatable bonds is 5. The second-order valence-electron chi connectivity index (χ2n) is 6.77. The van der Waals surface area contributed by atoms with E-state index < -0.39 is 17.8 Å². The van der Waals surface area contributed by atoms with Crippen LogP contribution in [0.2, 0.25) is 0 Å². The van der Waals surface area contributed by atoms with E-state index in [9.17, 15) is 18.0 Å². The van der Waals surface area contributed by atoms with Gasteiger partial charge in [0.25, 0.3) is 0 Å². The van der Waals surface area contributed by atoms with Crippen LogP contribution in [0.4, 0.5) is 13.2 Å². The predicted molar refractivity (Wildman–Crippen MR) is 82.6 cm³/mol. The molecule has 2 rings (SSSR count). The zero-order valence-electron chi connectivity index (χ0n) is 13.7. The summed E-state index contributed by atoms with van der Waals surface area (Å²) >= 11 is 0. The maximum atomic E-state index is 13.5. The summed E-state index contributed by atoms with van der Waals surface area (Å²) in [5, 5.41) is 1.09. The zero-order valence-corrected chi connectivity index (χ0v) is 13.7. The minimum atomic E-state index is -4.37. The average Bonchev–Trinajstić information content (AvgIpc) is 2.68. The maximum Gasteiger partial charge on any atom is 0.405 e. The fourth-order valence-electron chi connectivity index (χ4n) is 3.12. The highest BCUT2D eigenvalue weighted by atomic mass is 19.4. The number of alkyl halides is 3. The number of hydrogen-bond donors (Lipinski definition) is 1. The van der Waals surface area contributed by atoms with E-state index in [-0.39, 0.29) is 18.7 Å². The molecule has 1 amide bonds. The second kappa shape index (κ2) is 6.51. The second-order valence-corrected chi connectivity index (χ2v) is 6.77. The summed E-state index contributed by atoms with van der Waals surface area (Å²) < 4.78 is 40.4. The van der Waals surface area contributed by atoms with Crippen LogP contribution in [0.15, 0.2) is 24.3 Å². The molecule has 0 bridgehead atoms. The largest absolute Gasteiger partial charge is 0.405 e. The number of nitrogens with one attached hydrogen (secondary N) is 1. The van der Waals surface area contributed by atoms with Crippen molar-refractivity contribution in [1.29, 1.82) is 0 Å². The van der Waals surface area contributed by atoms with Crippen LogP contribution in [0.3, 0.4) is 0 Å². The third kappa shape index (κ3) is 4.25. The van der Waals surface area contributed by atoms with Crippen LogP contribution >= 0.6 is 0 Å². The zero-order chi connectivity index (χ0) is 17.3. The Balaban J connectivity index is 2.06. The minimum absolute atomic E-state index is 0.0401. The molecule has 1 unspecified atom stereocenters. The molecule has 1 N–H and O–H groups in total. The fraction of sp³-hybridized carbons (Fsp3) is 0.588. The summed E-state index contributed by atoms with van der Waals surface area (Å²) in [6, 6.07) is 6.06. The summed E-state index contributed by atoms with van der Waals surface area (Å²) in [4.78, 5) is 11.5. The van der Waals surface area contributed by atoms with E-state index in [0.29, 0.717) is 12.8 Å². The van der Waals surface area contributed by atoms with Crippen molar-refractivity contribution >= 4 is 5.91 Å². The molecular weight excluding hydrogens is 305 g/mol. The molecule has 1 aliphatic rings. The lowest BCUT2D eigenvalue weighted by molar-refractivity contribution is -0.202. The van der Waals surface area contributed by atoms with E-state index in [1.54, 1.807) is 13.8 Å². The van der Waals surface area contributed by atoms with Gasteiger partial charge in [-0.25, -0.2) is 5.01 Å². The minimum Gasteiger partial charge on any atom is -0.288 e. The lowest BCUT2D eigenvalue weighted by atomic mass is 9.96. The standard InChI is InChI=1S/C17H23F3N2O/c1-12-7-4-5-8-13(12)9-6-10-14(17(18,19)20)22-16(2,3)11-15(23)21-22/h4-5,7-8,14H,6,9-11H2,1-3H3,(H,21,23). The van der Waals surface area contributed by atoms with Crippen LogP contribution in [-0.2, 0) is 11.2 Å². The van der Waals surface area contributed by atoms with Gasteiger partial charge in [-0.2, -0.15) is 13.2 Å². The lowest BCUT2D eigenvalue weighted by Gasteiger charge is -2.37. The molecule has 0 spiro atoms. The van der Waals surface area contributed by atoms with Gasteiger partial charge in [-0.15, -0.1) is 0 Å². The number of carbonyl (C=O) groups excluding carboxylic acids is 1. The lowest BCUT2D eigenvalue weighted by Crippen LogP contribution is -2.56. The van der Waals surface area contributed by atoms with Gasteiger partial charge in [-0.3, -0.25) is 10.2 Å². The van der Waals surface area contributed by atoms with Crippen molar-refractivity contribution < 1.29 is 18.0 Å². The molecular formula is C17H23F3N2O. The number of halogens is 3. The monoisotopic (exact) mass is 328 g/mol. The van der Waals surface area contributed by atoms with Crippen molar-refractivity contribution in [3.63, 3.8) is 0 Å². The van der Waals surface area contributed by atoms with Gasteiger partial charge in [0.05, 0.1) is 0 Å². The molecule has 23 heavy (non-hydrogen) atoms. The SMILES string of the molecule is Cc1ccccc1CCCC(N1NC(=O)CC1(C)C)C(F)(F)F. The Hall–Kier alpha value is -1.56. The van der Waals surface area contributed by atoms with Crippen LogP contribution in [0.25, 0.3) is 0 Å². The normalized spacial score (nSPS) is 19.7. The number of aryl methyl sites for hydroxylation is 2. The van der Waals surface area contributed by atoms with E-state index in [4.69, 9.17) is 0 Å². The highest BCUT2D eigenvalue weighted by molar-refractivity contribution is 5.78. The third-order valence-corrected chi connectivity index (χ3v) is 4.36. The molecule has 0 aromatic heterocycles. The maximum absolute atomic E-state index is 13.5. The molecule has 1 saturated heterocycles. The number of carbonyl (C=O) groups is 1. The van der Waals surface area contributed by atoms with Gasteiger partial charge in [0.2, 0.25) is 5.91 Å². The Morgan fingerprint density at radius 1 is 1.30 bits per heavy atom. The smallest absolute Gasteiger partial charge is 0.288 e. The van der Waals surface area contributed by atoms with Gasteiger partial charge in [0, 0.05) is 12.0 Å². The van der Waals surface area contributed by atoms with Crippen molar-refractivity contribution in [2.24, 2.45) is 0 Å². The molecule has 1 aromatic carbocycles. The van der Waals surface area contributed by atoms with Gasteiger partial charge in [-0.1, -0.05) is 24.3 Å². The molecule has 1 fully saturated rings. The van der Waals surface area contributed by atoms with E-state index in [2.05, 4.69) is 5.43 Å². The molecule has 0 aliphatic carbocycles. The van der Waals surface area contributed by atoms with Crippen LogP contribution in [0, 0.1) is 6.92 Å². The van der Waals surface area contributed by atoms with Crippen molar-refractivity contribution in [2.75, 3.05) is 0 Å². The Kier molecular flexibility index (Phi) is 5.04. The topological polar surface area (TPSA) is 32.3 Å². The fourth-order valence-corrected chi connectivity index (χ4v) is 3.12. The molecule has 1 heterocycles. The van der Waals surface area contributed by atoms with Crippen molar-refractivity contribution in [3.05, 3.63) is 35.4 Å². The van der Waals surface area contributed by atoms with Crippen molar-refractivity contribution in [3.8, 4) is 0 Å². The van der Waals surface area contributed by atoms with Crippen LogP contribution < -0.4 is 5.43 Å². The van der Waals surface area contributed by atoms with E-state index in [0.717, 1.165) is 16.1 Å². The Morgan fingerprint density at radius 2 is 1.96 bits per heavy atom. The molecule has 1 aromatic rings. The highest BCUT2D eigenvalue weighted by Gasteiger charge is 2.51. The van der Waals surface area contributed by atoms with Crippen LogP contribution in [0.1, 0.15) is 44.2 Å². The number of amides is 1. The first-order valence-corrected chi connectivity index (χ1v) is 7.81. The highest BCUT2D eigenvalue weighted by Crippen LogP contribution is 2.35. The number of nitrogens with zero attached hydrogens (tertiary/aromatic N) is 1. The van der Waals surface area contributed by atoms with E-state index in [1.165, 1.54) is 0 Å². The summed E-state index contributed by atoms with van der Waals surface area (Å²) in [5.41, 5.74) is 3.71. The van der Waals surface area contributed by atoms with E-state index >= 15 is 0 Å². The molecule has 1 aliphatic heterocycles. The van der Waals surface area contributed by atoms with Gasteiger partial charge in [0.15, 0.2) is 0 Å². The summed E-state index contributed by atoms with van der Waals surface area (Å²) in [5.74, 6) is -0.358. The quantitative estimate of drug-likeness (QED) is 0.892. The number of hydrazine groups is 1. The molecule has 128 valence electrons. The first kappa shape index (κ1) is 17.8. The molecule has 0 radical (unpaired) electrons. The number of benzene rings is 1. The van der Waals surface area contributed by atoms with Gasteiger partial charge in [0.1, 0.15) is 6.04 Å². The molecule has 1 atom stereocenters. The van der Waals surface area contributed by atoms with Gasteiger partial charge in [-0.05, 0) is 51.2 Å². The predicted octanol–water partition coefficient (Wildman–Crippen LogP) is 3.76. The Labute approximate surface area is 134 Å². The molecule has 6 heteroatoms. The summed E-state index contributed by atoms with van der Waals surface area (Å²) in [6.07, 6.45) is -3.32. The van der Waals surface area contributed by atoms with Gasteiger partial charge >= 0.3 is 6.18 Å². The Morgan fingerprint density at radius 3 is 2.48 bits per heavy atom. The average molecular weight is 328 g/mol. The summed E-state index contributed by atoms with van der Waals surface area (Å²) in [6.45, 7) is 5.27. The van der Waals surface area contributed by atoms with Gasteiger partial charge < -0.3 is 0 Å². The molecule has 0 saturated carbocycles. The summed E-state index contributed by atoms with van der Waals surface area (Å²) in [7, 11) is 0. The van der Waals surface area contributed by atoms with Crippen LogP contribution in [-0.4, -0.2) is 28.7 Å². The third-order valence-electron chi connectivity index (χ3n) is 4.36. The number of hydrogen-bond acceptors (Lipinski definition) is 2. The molecule has 3 nitrogen and oxygen atoms in total. The Bertz CT molecular complexity index is 569. The van der Waals surface area contributed by atoms with Crippen molar-refractivity contribution in [2.45, 2.75) is 64.2 Å². The first-order valence-electron chi connectivity index (χ1n) is 7.81. The van der Waals surface area contributed by atoms with Crippen LogP contribution in [0.5, 0.6) is 0 Å². The first-order chi connectivity index (χ1) is 10.6. The van der Waals surface area contributed by atoms with Crippen molar-refractivity contribution in [1.82, 2.24) is 10.4 Å².